The number of carbonyl (C=O) groups excluding carboxylic acids is 3. The molecular formula is C19H19Cl2N3O4. The highest BCUT2D eigenvalue weighted by atomic mass is 35.5. The first-order chi connectivity index (χ1) is 13.3. The third kappa shape index (κ3) is 7.09. The lowest BCUT2D eigenvalue weighted by Crippen LogP contribution is -2.44. The monoisotopic (exact) mass is 423 g/mol. The molecule has 0 aliphatic heterocycles. The normalized spacial score (nSPS) is 10.1. The molecule has 2 rings (SSSR count). The number of amides is 3. The molecule has 0 atom stereocenters. The minimum atomic E-state index is -0.519. The van der Waals surface area contributed by atoms with E-state index in [-0.39, 0.29) is 19.4 Å². The van der Waals surface area contributed by atoms with Gasteiger partial charge in [-0.15, -0.1) is 0 Å². The van der Waals surface area contributed by atoms with Crippen molar-refractivity contribution in [3.05, 3.63) is 58.1 Å². The van der Waals surface area contributed by atoms with Crippen LogP contribution in [0.1, 0.15) is 18.4 Å². The Labute approximate surface area is 172 Å². The summed E-state index contributed by atoms with van der Waals surface area (Å²) in [5.41, 5.74) is 5.75. The summed E-state index contributed by atoms with van der Waals surface area (Å²) >= 11 is 11.8. The summed E-state index contributed by atoms with van der Waals surface area (Å²) in [6.45, 7) is 1.61. The number of nitrogens with one attached hydrogen (secondary N) is 3. The molecule has 3 N–H and O–H groups in total. The number of hydrogen-bond donors (Lipinski definition) is 3. The van der Waals surface area contributed by atoms with Gasteiger partial charge < -0.3 is 10.1 Å². The maximum atomic E-state index is 11.9. The minimum Gasteiger partial charge on any atom is -0.483 e. The van der Waals surface area contributed by atoms with Gasteiger partial charge in [0.25, 0.3) is 5.91 Å². The first-order valence-electron chi connectivity index (χ1n) is 8.36. The number of benzene rings is 2. The number of aryl methyl sites for hydroxylation is 1. The van der Waals surface area contributed by atoms with E-state index in [1.54, 1.807) is 24.3 Å². The van der Waals surface area contributed by atoms with Crippen molar-refractivity contribution in [2.24, 2.45) is 0 Å². The average Bonchev–Trinajstić information content (AvgIpc) is 2.66. The molecule has 0 unspecified atom stereocenters. The summed E-state index contributed by atoms with van der Waals surface area (Å²) in [5.74, 6) is -0.842. The largest absolute Gasteiger partial charge is 0.483 e. The van der Waals surface area contributed by atoms with Crippen molar-refractivity contribution in [3.8, 4) is 5.75 Å². The zero-order valence-electron chi connectivity index (χ0n) is 15.1. The number of anilines is 1. The highest BCUT2D eigenvalue weighted by Crippen LogP contribution is 2.25. The van der Waals surface area contributed by atoms with E-state index >= 15 is 0 Å². The average molecular weight is 424 g/mol. The van der Waals surface area contributed by atoms with E-state index in [2.05, 4.69) is 16.2 Å². The van der Waals surface area contributed by atoms with Crippen LogP contribution >= 0.6 is 23.2 Å². The summed E-state index contributed by atoms with van der Waals surface area (Å²) in [6, 6.07) is 11.9. The first-order valence-corrected chi connectivity index (χ1v) is 9.12. The van der Waals surface area contributed by atoms with Gasteiger partial charge in [-0.2, -0.15) is 0 Å². The standard InChI is InChI=1S/C19H19Cl2N3O4/c1-12-4-2-3-5-16(12)28-11-19(27)24-23-18(26)9-8-17(25)22-15-7-6-13(20)10-14(15)21/h2-7,10H,8-9,11H2,1H3,(H,22,25)(H,23,26)(H,24,27). The summed E-state index contributed by atoms with van der Waals surface area (Å²) < 4.78 is 5.37. The lowest BCUT2D eigenvalue weighted by Gasteiger charge is -2.10. The van der Waals surface area contributed by atoms with E-state index < -0.39 is 17.7 Å². The Morgan fingerprint density at radius 1 is 0.929 bits per heavy atom. The molecule has 7 nitrogen and oxygen atoms in total. The van der Waals surface area contributed by atoms with Gasteiger partial charge in [-0.05, 0) is 36.8 Å². The van der Waals surface area contributed by atoms with Crippen LogP contribution in [-0.4, -0.2) is 24.3 Å². The molecule has 0 spiro atoms. The number of hydrazine groups is 1. The molecular weight excluding hydrogens is 405 g/mol. The molecule has 0 aromatic heterocycles. The number of hydrogen-bond acceptors (Lipinski definition) is 4. The predicted molar refractivity (Wildman–Crippen MR) is 107 cm³/mol. The van der Waals surface area contributed by atoms with Crippen LogP contribution in [0.2, 0.25) is 10.0 Å². The van der Waals surface area contributed by atoms with Crippen LogP contribution in [0.25, 0.3) is 0 Å². The molecule has 28 heavy (non-hydrogen) atoms. The SMILES string of the molecule is Cc1ccccc1OCC(=O)NNC(=O)CCC(=O)Nc1ccc(Cl)cc1Cl. The van der Waals surface area contributed by atoms with Crippen molar-refractivity contribution >= 4 is 46.6 Å². The molecule has 0 heterocycles. The second-order valence-corrected chi connectivity index (χ2v) is 6.67. The highest BCUT2D eigenvalue weighted by molar-refractivity contribution is 6.36. The number of para-hydroxylation sites is 1. The van der Waals surface area contributed by atoms with Crippen LogP contribution in [-0.2, 0) is 14.4 Å². The van der Waals surface area contributed by atoms with Gasteiger partial charge in [0, 0.05) is 17.9 Å². The topological polar surface area (TPSA) is 96.5 Å². The lowest BCUT2D eigenvalue weighted by molar-refractivity contribution is -0.130. The Morgan fingerprint density at radius 2 is 1.61 bits per heavy atom. The van der Waals surface area contributed by atoms with Crippen molar-refractivity contribution in [2.45, 2.75) is 19.8 Å². The predicted octanol–water partition coefficient (Wildman–Crippen LogP) is 3.25. The van der Waals surface area contributed by atoms with Gasteiger partial charge in [0.05, 0.1) is 10.7 Å². The van der Waals surface area contributed by atoms with Crippen LogP contribution in [0, 0.1) is 6.92 Å². The van der Waals surface area contributed by atoms with Crippen LogP contribution in [0.5, 0.6) is 5.75 Å². The Morgan fingerprint density at radius 3 is 2.32 bits per heavy atom. The van der Waals surface area contributed by atoms with Gasteiger partial charge in [-0.3, -0.25) is 25.2 Å². The fraction of sp³-hybridized carbons (Fsp3) is 0.211. The smallest absolute Gasteiger partial charge is 0.276 e. The van der Waals surface area contributed by atoms with Crippen LogP contribution in [0.4, 0.5) is 5.69 Å². The minimum absolute atomic E-state index is 0.0830. The van der Waals surface area contributed by atoms with Gasteiger partial charge in [-0.25, -0.2) is 0 Å². The van der Waals surface area contributed by atoms with Gasteiger partial charge in [0.2, 0.25) is 11.8 Å². The van der Waals surface area contributed by atoms with E-state index in [0.717, 1.165) is 5.56 Å². The Bertz CT molecular complexity index is 874. The molecule has 0 saturated carbocycles. The fourth-order valence-electron chi connectivity index (χ4n) is 2.13. The molecule has 2 aromatic carbocycles. The zero-order valence-corrected chi connectivity index (χ0v) is 16.6. The summed E-state index contributed by atoms with van der Waals surface area (Å²) in [6.07, 6.45) is -0.198. The second kappa shape index (κ2) is 10.5. The van der Waals surface area contributed by atoms with Crippen molar-refractivity contribution in [2.75, 3.05) is 11.9 Å². The van der Waals surface area contributed by atoms with Gasteiger partial charge in [-0.1, -0.05) is 41.4 Å². The molecule has 9 heteroatoms. The Hall–Kier alpha value is -2.77. The van der Waals surface area contributed by atoms with E-state index in [9.17, 15) is 14.4 Å². The summed E-state index contributed by atoms with van der Waals surface area (Å²) in [7, 11) is 0. The van der Waals surface area contributed by atoms with Crippen LogP contribution in [0.3, 0.4) is 0 Å². The van der Waals surface area contributed by atoms with Crippen molar-refractivity contribution < 1.29 is 19.1 Å². The molecule has 0 aliphatic carbocycles. The maximum Gasteiger partial charge on any atom is 0.276 e. The van der Waals surface area contributed by atoms with E-state index in [0.29, 0.717) is 21.5 Å². The Kier molecular flexibility index (Phi) is 8.10. The first kappa shape index (κ1) is 21.5. The zero-order chi connectivity index (χ0) is 20.5. The second-order valence-electron chi connectivity index (χ2n) is 5.82. The van der Waals surface area contributed by atoms with E-state index in [1.165, 1.54) is 6.07 Å². The molecule has 148 valence electrons. The number of carbonyl (C=O) groups is 3. The van der Waals surface area contributed by atoms with E-state index in [4.69, 9.17) is 27.9 Å². The number of halogens is 2. The highest BCUT2D eigenvalue weighted by Gasteiger charge is 2.11. The fourth-order valence-corrected chi connectivity index (χ4v) is 2.59. The van der Waals surface area contributed by atoms with Crippen molar-refractivity contribution in [3.63, 3.8) is 0 Å². The number of ether oxygens (including phenoxy) is 1. The van der Waals surface area contributed by atoms with Crippen molar-refractivity contribution in [1.29, 1.82) is 0 Å². The molecule has 0 bridgehead atoms. The molecule has 2 aromatic rings. The Balaban J connectivity index is 1.67. The van der Waals surface area contributed by atoms with Gasteiger partial charge >= 0.3 is 0 Å². The summed E-state index contributed by atoms with van der Waals surface area (Å²) in [4.78, 5) is 35.4. The molecule has 0 saturated heterocycles. The quantitative estimate of drug-likeness (QED) is 0.595. The van der Waals surface area contributed by atoms with Crippen LogP contribution < -0.4 is 20.9 Å². The summed E-state index contributed by atoms with van der Waals surface area (Å²) in [5, 5.41) is 3.33. The van der Waals surface area contributed by atoms with Gasteiger partial charge in [0.1, 0.15) is 5.75 Å². The lowest BCUT2D eigenvalue weighted by atomic mass is 10.2. The molecule has 0 aliphatic rings. The van der Waals surface area contributed by atoms with Crippen LogP contribution in [0.15, 0.2) is 42.5 Å². The third-order valence-electron chi connectivity index (χ3n) is 3.58. The third-order valence-corrected chi connectivity index (χ3v) is 4.13. The molecule has 3 amide bonds. The molecule has 0 radical (unpaired) electrons. The van der Waals surface area contributed by atoms with Gasteiger partial charge in [0.15, 0.2) is 6.61 Å². The maximum absolute atomic E-state index is 11.9. The number of rotatable bonds is 7. The molecule has 0 fully saturated rings. The van der Waals surface area contributed by atoms with Crippen molar-refractivity contribution in [1.82, 2.24) is 10.9 Å². The van der Waals surface area contributed by atoms with E-state index in [1.807, 2.05) is 19.1 Å².